The van der Waals surface area contributed by atoms with Crippen LogP contribution in [0.2, 0.25) is 0 Å². The highest BCUT2D eigenvalue weighted by Gasteiger charge is 1.56. The molecule has 0 bridgehead atoms. The third-order valence-electron chi connectivity index (χ3n) is 1.08. The lowest BCUT2D eigenvalue weighted by Crippen LogP contribution is -1.47. The second-order valence-corrected chi connectivity index (χ2v) is 2.17. The van der Waals surface area contributed by atoms with Crippen LogP contribution in [0.25, 0.3) is 0 Å². The molecule has 0 heteroatoms. The summed E-state index contributed by atoms with van der Waals surface area (Å²) in [5.74, 6) is 5.36. The molecule has 0 saturated carbocycles. The molecule has 0 heterocycles. The van der Waals surface area contributed by atoms with Crippen molar-refractivity contribution in [3.63, 3.8) is 0 Å². The first-order chi connectivity index (χ1) is 5.74. The Morgan fingerprint density at radius 3 is 1.08 bits per heavy atom. The number of hydrogen-bond acceptors (Lipinski definition) is 0. The van der Waals surface area contributed by atoms with E-state index in [1.807, 2.05) is 39.8 Å². The molecule has 0 nitrogen and oxygen atoms in total. The van der Waals surface area contributed by atoms with Gasteiger partial charge in [0.15, 0.2) is 0 Å². The van der Waals surface area contributed by atoms with Gasteiger partial charge >= 0.3 is 0 Å². The van der Waals surface area contributed by atoms with E-state index in [0.717, 1.165) is 0 Å². The van der Waals surface area contributed by atoms with Gasteiger partial charge in [0.1, 0.15) is 0 Å². The van der Waals surface area contributed by atoms with Gasteiger partial charge in [0.2, 0.25) is 0 Å². The first-order valence-corrected chi connectivity index (χ1v) is 4.65. The topological polar surface area (TPSA) is 0 Å². The Labute approximate surface area is 79.1 Å². The van der Waals surface area contributed by atoms with Crippen molar-refractivity contribution in [3.8, 4) is 11.8 Å². The van der Waals surface area contributed by atoms with Crippen molar-refractivity contribution in [1.29, 1.82) is 0 Å². The molecule has 0 radical (unpaired) electrons. The molecule has 0 aliphatic carbocycles. The Kier molecular flexibility index (Phi) is 46.0. The Balaban J connectivity index is -0.000000101. The number of unbranched alkanes of at least 4 members (excludes halogenated alkanes) is 1. The van der Waals surface area contributed by atoms with Crippen LogP contribution in [0.3, 0.4) is 0 Å². The monoisotopic (exact) mass is 168 g/mol. The van der Waals surface area contributed by atoms with Crippen molar-refractivity contribution in [1.82, 2.24) is 0 Å². The van der Waals surface area contributed by atoms with Crippen molar-refractivity contribution in [3.05, 3.63) is 12.2 Å². The van der Waals surface area contributed by atoms with Crippen LogP contribution in [0.15, 0.2) is 12.2 Å². The van der Waals surface area contributed by atoms with Crippen LogP contribution in [0.5, 0.6) is 0 Å². The fraction of sp³-hybridized carbons (Fsp3) is 0.667. The average Bonchev–Trinajstić information content (AvgIpc) is 2.18. The third kappa shape index (κ3) is 121. The summed E-state index contributed by atoms with van der Waals surface area (Å²) in [6.07, 6.45) is 6.64. The molecule has 12 heavy (non-hydrogen) atoms. The van der Waals surface area contributed by atoms with E-state index in [0.29, 0.717) is 0 Å². The van der Waals surface area contributed by atoms with E-state index in [1.165, 1.54) is 12.8 Å². The third-order valence-corrected chi connectivity index (χ3v) is 1.08. The van der Waals surface area contributed by atoms with Gasteiger partial charge in [-0.2, -0.15) is 0 Å². The van der Waals surface area contributed by atoms with Gasteiger partial charge < -0.3 is 0 Å². The summed E-state index contributed by atoms with van der Waals surface area (Å²) in [6, 6.07) is 0. The summed E-state index contributed by atoms with van der Waals surface area (Å²) >= 11 is 0. The zero-order chi connectivity index (χ0) is 10.2. The quantitative estimate of drug-likeness (QED) is 0.401. The minimum absolute atomic E-state index is 1.32. The fourth-order valence-electron chi connectivity index (χ4n) is 0. The van der Waals surface area contributed by atoms with Gasteiger partial charge in [0.25, 0.3) is 0 Å². The van der Waals surface area contributed by atoms with E-state index in [4.69, 9.17) is 0 Å². The van der Waals surface area contributed by atoms with Crippen LogP contribution in [0.1, 0.15) is 54.4 Å². The van der Waals surface area contributed by atoms with E-state index in [-0.39, 0.29) is 0 Å². The molecular formula is C12H24. The summed E-state index contributed by atoms with van der Waals surface area (Å²) in [4.78, 5) is 0. The minimum Gasteiger partial charge on any atom is -0.107 e. The molecule has 0 amide bonds. The van der Waals surface area contributed by atoms with E-state index < -0.39 is 0 Å². The van der Waals surface area contributed by atoms with Crippen molar-refractivity contribution in [2.45, 2.75) is 54.4 Å². The van der Waals surface area contributed by atoms with E-state index >= 15 is 0 Å². The highest BCUT2D eigenvalue weighted by Crippen LogP contribution is 1.76. The predicted molar refractivity (Wildman–Crippen MR) is 60.2 cm³/mol. The van der Waals surface area contributed by atoms with Crippen LogP contribution in [0, 0.1) is 11.8 Å². The van der Waals surface area contributed by atoms with Crippen molar-refractivity contribution < 1.29 is 0 Å². The van der Waals surface area contributed by atoms with E-state index in [2.05, 4.69) is 25.7 Å². The molecule has 0 fully saturated rings. The number of allylic oxidation sites excluding steroid dienone is 2. The van der Waals surface area contributed by atoms with Crippen LogP contribution in [0.4, 0.5) is 0 Å². The Morgan fingerprint density at radius 1 is 0.833 bits per heavy atom. The molecule has 0 saturated heterocycles. The first kappa shape index (κ1) is 17.4. The van der Waals surface area contributed by atoms with Crippen LogP contribution < -0.4 is 0 Å². The lowest BCUT2D eigenvalue weighted by molar-refractivity contribution is 0.886. The van der Waals surface area contributed by atoms with Gasteiger partial charge in [0.05, 0.1) is 0 Å². The largest absolute Gasteiger partial charge is 0.107 e. The van der Waals surface area contributed by atoms with Gasteiger partial charge in [-0.25, -0.2) is 0 Å². The Hall–Kier alpha value is -0.700. The van der Waals surface area contributed by atoms with E-state index in [1.54, 1.807) is 0 Å². The molecule has 0 atom stereocenters. The second-order valence-electron chi connectivity index (χ2n) is 2.17. The van der Waals surface area contributed by atoms with E-state index in [9.17, 15) is 0 Å². The van der Waals surface area contributed by atoms with Gasteiger partial charge in [-0.3, -0.25) is 0 Å². The number of rotatable bonds is 1. The number of hydrogen-bond donors (Lipinski definition) is 0. The van der Waals surface area contributed by atoms with Crippen molar-refractivity contribution >= 4 is 0 Å². The maximum atomic E-state index is 2.68. The summed E-state index contributed by atoms with van der Waals surface area (Å²) in [5.41, 5.74) is 0. The lowest BCUT2D eigenvalue weighted by Gasteiger charge is -1.68. The van der Waals surface area contributed by atoms with Gasteiger partial charge in [-0.05, 0) is 27.7 Å². The average molecular weight is 168 g/mol. The molecule has 0 aromatic carbocycles. The van der Waals surface area contributed by atoms with Gasteiger partial charge in [-0.15, -0.1) is 11.8 Å². The molecule has 0 rings (SSSR count). The highest BCUT2D eigenvalue weighted by molar-refractivity contribution is 4.89. The summed E-state index contributed by atoms with van der Waals surface area (Å²) in [6.45, 7) is 12.0. The Bertz CT molecular complexity index is 97.7. The standard InChI is InChI=1S/C4H10.C4H8.C4H6/c3*1-3-4-2/h3-4H2,1-2H3;3-4H,1-2H3;1-2H3. The normalized spacial score (nSPS) is 6.83. The second kappa shape index (κ2) is 31.7. The van der Waals surface area contributed by atoms with Gasteiger partial charge in [-0.1, -0.05) is 38.8 Å². The molecule has 0 aromatic heterocycles. The fourth-order valence-corrected chi connectivity index (χ4v) is 0. The maximum Gasteiger partial charge on any atom is -0.00271 e. The van der Waals surface area contributed by atoms with Crippen molar-refractivity contribution in [2.75, 3.05) is 0 Å². The predicted octanol–water partition coefficient (Wildman–Crippen LogP) is 4.42. The van der Waals surface area contributed by atoms with Crippen molar-refractivity contribution in [2.24, 2.45) is 0 Å². The smallest absolute Gasteiger partial charge is 0.00271 e. The zero-order valence-corrected chi connectivity index (χ0v) is 9.57. The zero-order valence-electron chi connectivity index (χ0n) is 9.57. The molecular weight excluding hydrogens is 144 g/mol. The SMILES string of the molecule is CC#CC.CC=CC.CCCC. The molecule has 0 unspecified atom stereocenters. The molecule has 0 aliphatic rings. The van der Waals surface area contributed by atoms with Crippen LogP contribution in [-0.4, -0.2) is 0 Å². The van der Waals surface area contributed by atoms with Crippen LogP contribution in [-0.2, 0) is 0 Å². The minimum atomic E-state index is 1.32. The summed E-state index contributed by atoms with van der Waals surface area (Å²) in [5, 5.41) is 0. The lowest BCUT2D eigenvalue weighted by atomic mass is 10.4. The maximum absolute atomic E-state index is 2.68. The first-order valence-electron chi connectivity index (χ1n) is 4.65. The Morgan fingerprint density at radius 2 is 1.08 bits per heavy atom. The molecule has 0 aliphatic heterocycles. The van der Waals surface area contributed by atoms with Gasteiger partial charge in [0, 0.05) is 0 Å². The summed E-state index contributed by atoms with van der Waals surface area (Å²) < 4.78 is 0. The molecule has 72 valence electrons. The summed E-state index contributed by atoms with van der Waals surface area (Å²) in [7, 11) is 0. The molecule has 0 N–H and O–H groups in total. The molecule has 0 aromatic rings. The van der Waals surface area contributed by atoms with Crippen LogP contribution >= 0.6 is 0 Å². The highest BCUT2D eigenvalue weighted by atomic mass is 13.6. The molecule has 0 spiro atoms.